The Bertz CT molecular complexity index is 709. The van der Waals surface area contributed by atoms with Crippen LogP contribution in [0.3, 0.4) is 0 Å². The monoisotopic (exact) mass is 308 g/mol. The third-order valence-electron chi connectivity index (χ3n) is 2.78. The molecule has 0 radical (unpaired) electrons. The lowest BCUT2D eigenvalue weighted by molar-refractivity contribution is -0.274. The predicted molar refractivity (Wildman–Crippen MR) is 72.2 cm³/mol. The fraction of sp³-hybridized carbons (Fsp3) is 0.200. The number of ether oxygens (including phenoxy) is 2. The first-order valence-corrected chi connectivity index (χ1v) is 6.20. The molecule has 2 rings (SSSR count). The molecule has 0 aliphatic carbocycles. The molecule has 0 spiro atoms. The fourth-order valence-electron chi connectivity index (χ4n) is 1.93. The van der Waals surface area contributed by atoms with Crippen molar-refractivity contribution in [3.8, 4) is 28.8 Å². The lowest BCUT2D eigenvalue weighted by Gasteiger charge is -2.12. The van der Waals surface area contributed by atoms with Gasteiger partial charge < -0.3 is 9.47 Å². The van der Waals surface area contributed by atoms with Crippen LogP contribution in [0.15, 0.2) is 36.4 Å². The molecule has 0 saturated carbocycles. The van der Waals surface area contributed by atoms with Gasteiger partial charge in [0.2, 0.25) is 5.88 Å². The van der Waals surface area contributed by atoms with Gasteiger partial charge in [0.15, 0.2) is 0 Å². The summed E-state index contributed by atoms with van der Waals surface area (Å²) in [7, 11) is 1.44. The van der Waals surface area contributed by atoms with Crippen LogP contribution in [-0.2, 0) is 6.42 Å². The summed E-state index contributed by atoms with van der Waals surface area (Å²) in [4.78, 5) is 4.15. The Labute approximate surface area is 124 Å². The Hall–Kier alpha value is -2.75. The molecule has 0 fully saturated rings. The van der Waals surface area contributed by atoms with Gasteiger partial charge in [0.25, 0.3) is 0 Å². The molecule has 0 bridgehead atoms. The van der Waals surface area contributed by atoms with Gasteiger partial charge in [0, 0.05) is 11.6 Å². The Morgan fingerprint density at radius 3 is 2.64 bits per heavy atom. The van der Waals surface area contributed by atoms with Crippen LogP contribution in [0, 0.1) is 11.3 Å². The van der Waals surface area contributed by atoms with E-state index in [1.54, 1.807) is 18.2 Å². The minimum atomic E-state index is -4.76. The zero-order valence-electron chi connectivity index (χ0n) is 11.5. The van der Waals surface area contributed by atoms with Gasteiger partial charge in [-0.1, -0.05) is 12.1 Å². The lowest BCUT2D eigenvalue weighted by Crippen LogP contribution is -2.17. The van der Waals surface area contributed by atoms with E-state index in [1.165, 1.54) is 25.3 Å². The number of benzene rings is 1. The highest BCUT2D eigenvalue weighted by Crippen LogP contribution is 2.30. The van der Waals surface area contributed by atoms with Crippen LogP contribution in [0.4, 0.5) is 13.2 Å². The Kier molecular flexibility index (Phi) is 4.51. The Morgan fingerprint density at radius 1 is 1.23 bits per heavy atom. The summed E-state index contributed by atoms with van der Waals surface area (Å²) in [5.74, 6) is 0.000391. The molecule has 2 aromatic rings. The van der Waals surface area contributed by atoms with Crippen molar-refractivity contribution in [2.24, 2.45) is 0 Å². The SMILES string of the molecule is COc1ccc(-c2cccc(OC(F)(F)F)c2)c(CC#N)n1. The maximum absolute atomic E-state index is 12.3. The molecule has 22 heavy (non-hydrogen) atoms. The van der Waals surface area contributed by atoms with Crippen molar-refractivity contribution in [1.29, 1.82) is 5.26 Å². The summed E-state index contributed by atoms with van der Waals surface area (Å²) in [6.07, 6.45) is -4.75. The molecule has 1 aromatic heterocycles. The number of alkyl halides is 3. The topological polar surface area (TPSA) is 55.1 Å². The van der Waals surface area contributed by atoms with E-state index in [9.17, 15) is 13.2 Å². The molecule has 1 aromatic carbocycles. The van der Waals surface area contributed by atoms with Crippen molar-refractivity contribution >= 4 is 0 Å². The van der Waals surface area contributed by atoms with Crippen LogP contribution in [0.2, 0.25) is 0 Å². The normalized spacial score (nSPS) is 10.9. The second-order valence-electron chi connectivity index (χ2n) is 4.26. The molecule has 0 aliphatic heterocycles. The maximum Gasteiger partial charge on any atom is 0.573 e. The first kappa shape index (κ1) is 15.6. The smallest absolute Gasteiger partial charge is 0.481 e. The van der Waals surface area contributed by atoms with Crippen molar-refractivity contribution in [3.05, 3.63) is 42.1 Å². The Morgan fingerprint density at radius 2 is 2.00 bits per heavy atom. The predicted octanol–water partition coefficient (Wildman–Crippen LogP) is 3.72. The van der Waals surface area contributed by atoms with Crippen LogP contribution in [0.25, 0.3) is 11.1 Å². The van der Waals surface area contributed by atoms with Gasteiger partial charge in [-0.15, -0.1) is 13.2 Å². The summed E-state index contributed by atoms with van der Waals surface area (Å²) < 4.78 is 45.7. The van der Waals surface area contributed by atoms with Crippen molar-refractivity contribution in [3.63, 3.8) is 0 Å². The highest BCUT2D eigenvalue weighted by atomic mass is 19.4. The highest BCUT2D eigenvalue weighted by Gasteiger charge is 2.31. The number of aromatic nitrogens is 1. The molecule has 0 aliphatic rings. The van der Waals surface area contributed by atoms with Crippen molar-refractivity contribution in [2.45, 2.75) is 12.8 Å². The number of hydrogen-bond donors (Lipinski definition) is 0. The van der Waals surface area contributed by atoms with Gasteiger partial charge in [-0.2, -0.15) is 5.26 Å². The number of pyridine rings is 1. The molecular formula is C15H11F3N2O2. The van der Waals surface area contributed by atoms with E-state index in [-0.39, 0.29) is 12.2 Å². The number of nitrogens with zero attached hydrogens (tertiary/aromatic N) is 2. The van der Waals surface area contributed by atoms with Crippen LogP contribution in [-0.4, -0.2) is 18.5 Å². The van der Waals surface area contributed by atoms with Crippen LogP contribution >= 0.6 is 0 Å². The number of rotatable bonds is 4. The second-order valence-corrected chi connectivity index (χ2v) is 4.26. The van der Waals surface area contributed by atoms with Gasteiger partial charge in [0.1, 0.15) is 5.75 Å². The van der Waals surface area contributed by atoms with Gasteiger partial charge in [0.05, 0.1) is 25.3 Å². The van der Waals surface area contributed by atoms with Gasteiger partial charge in [-0.25, -0.2) is 4.98 Å². The summed E-state index contributed by atoms with van der Waals surface area (Å²) in [6.45, 7) is 0. The molecule has 0 N–H and O–H groups in total. The second kappa shape index (κ2) is 6.35. The number of hydrogen-bond acceptors (Lipinski definition) is 4. The average molecular weight is 308 g/mol. The van der Waals surface area contributed by atoms with E-state index in [0.29, 0.717) is 22.7 Å². The zero-order valence-corrected chi connectivity index (χ0v) is 11.5. The summed E-state index contributed by atoms with van der Waals surface area (Å²) >= 11 is 0. The summed E-state index contributed by atoms with van der Waals surface area (Å²) in [5.41, 5.74) is 1.45. The maximum atomic E-state index is 12.3. The van der Waals surface area contributed by atoms with E-state index < -0.39 is 6.36 Å². The Balaban J connectivity index is 2.43. The lowest BCUT2D eigenvalue weighted by atomic mass is 10.0. The molecule has 0 amide bonds. The van der Waals surface area contributed by atoms with Crippen LogP contribution < -0.4 is 9.47 Å². The van der Waals surface area contributed by atoms with E-state index in [2.05, 4.69) is 9.72 Å². The summed E-state index contributed by atoms with van der Waals surface area (Å²) in [6, 6.07) is 10.7. The van der Waals surface area contributed by atoms with E-state index in [1.807, 2.05) is 6.07 Å². The number of nitriles is 1. The summed E-state index contributed by atoms with van der Waals surface area (Å²) in [5, 5.41) is 8.86. The molecule has 1 heterocycles. The van der Waals surface area contributed by atoms with E-state index in [4.69, 9.17) is 10.00 Å². The molecule has 0 saturated heterocycles. The number of methoxy groups -OCH3 is 1. The van der Waals surface area contributed by atoms with Gasteiger partial charge in [-0.3, -0.25) is 0 Å². The zero-order chi connectivity index (χ0) is 16.2. The molecular weight excluding hydrogens is 297 g/mol. The van der Waals surface area contributed by atoms with Crippen LogP contribution in [0.5, 0.6) is 11.6 Å². The van der Waals surface area contributed by atoms with Crippen molar-refractivity contribution in [2.75, 3.05) is 7.11 Å². The molecule has 114 valence electrons. The molecule has 0 unspecified atom stereocenters. The van der Waals surface area contributed by atoms with E-state index >= 15 is 0 Å². The first-order valence-electron chi connectivity index (χ1n) is 6.20. The van der Waals surface area contributed by atoms with Crippen molar-refractivity contribution in [1.82, 2.24) is 4.98 Å². The van der Waals surface area contributed by atoms with Gasteiger partial charge >= 0.3 is 6.36 Å². The third kappa shape index (κ3) is 3.88. The average Bonchev–Trinajstić information content (AvgIpc) is 2.46. The fourth-order valence-corrected chi connectivity index (χ4v) is 1.93. The molecule has 0 atom stereocenters. The van der Waals surface area contributed by atoms with Crippen LogP contribution in [0.1, 0.15) is 5.69 Å². The number of halogens is 3. The highest BCUT2D eigenvalue weighted by molar-refractivity contribution is 5.68. The quantitative estimate of drug-likeness (QED) is 0.863. The van der Waals surface area contributed by atoms with E-state index in [0.717, 1.165) is 0 Å². The minimum Gasteiger partial charge on any atom is -0.481 e. The first-order chi connectivity index (χ1) is 10.4. The third-order valence-corrected chi connectivity index (χ3v) is 2.78. The molecule has 4 nitrogen and oxygen atoms in total. The van der Waals surface area contributed by atoms with Crippen molar-refractivity contribution < 1.29 is 22.6 Å². The minimum absolute atomic E-state index is 0.0108. The standard InChI is InChI=1S/C15H11F3N2O2/c1-21-14-6-5-12(13(20-14)7-8-19)10-3-2-4-11(9-10)22-15(16,17)18/h2-6,9H,7H2,1H3. The van der Waals surface area contributed by atoms with Gasteiger partial charge in [-0.05, 0) is 23.8 Å². The largest absolute Gasteiger partial charge is 0.573 e. The molecule has 7 heteroatoms.